The molecule has 96 valence electrons. The molecule has 0 aliphatic carbocycles. The summed E-state index contributed by atoms with van der Waals surface area (Å²) in [7, 11) is 0. The summed E-state index contributed by atoms with van der Waals surface area (Å²) in [5, 5.41) is 13.2. The van der Waals surface area contributed by atoms with Crippen molar-refractivity contribution in [3.8, 4) is 0 Å². The van der Waals surface area contributed by atoms with Gasteiger partial charge in [0.1, 0.15) is 6.61 Å². The molecule has 0 saturated heterocycles. The monoisotopic (exact) mass is 265 g/mol. The standard InChI is InChI=1S/C13H15NO3S/c1-3-17-14-11-6-7-18-12-8(2)9(13(15)16)4-5-10(11)12/h4-5H,3,6-7H2,1-2H3,(H,15,16). The first-order chi connectivity index (χ1) is 8.65. The van der Waals surface area contributed by atoms with E-state index in [1.54, 1.807) is 17.8 Å². The fourth-order valence-corrected chi connectivity index (χ4v) is 3.13. The zero-order valence-corrected chi connectivity index (χ0v) is 11.2. The maximum atomic E-state index is 11.1. The van der Waals surface area contributed by atoms with Crippen LogP contribution in [-0.2, 0) is 4.84 Å². The third kappa shape index (κ3) is 2.36. The van der Waals surface area contributed by atoms with Crippen molar-refractivity contribution in [2.45, 2.75) is 25.2 Å². The van der Waals surface area contributed by atoms with Gasteiger partial charge in [0.05, 0.1) is 11.3 Å². The largest absolute Gasteiger partial charge is 0.478 e. The smallest absolute Gasteiger partial charge is 0.335 e. The van der Waals surface area contributed by atoms with Gasteiger partial charge in [-0.1, -0.05) is 11.2 Å². The van der Waals surface area contributed by atoms with Crippen molar-refractivity contribution in [3.05, 3.63) is 28.8 Å². The number of carboxylic acid groups (broad SMARTS) is 1. The molecule has 1 heterocycles. The van der Waals surface area contributed by atoms with E-state index in [-0.39, 0.29) is 0 Å². The van der Waals surface area contributed by atoms with Gasteiger partial charge in [-0.2, -0.15) is 0 Å². The highest BCUT2D eigenvalue weighted by molar-refractivity contribution is 7.99. The average Bonchev–Trinajstić information content (AvgIpc) is 2.36. The molecule has 1 aliphatic heterocycles. The lowest BCUT2D eigenvalue weighted by atomic mass is 10.0. The van der Waals surface area contributed by atoms with Gasteiger partial charge >= 0.3 is 5.97 Å². The van der Waals surface area contributed by atoms with Crippen molar-refractivity contribution >= 4 is 23.4 Å². The molecular weight excluding hydrogens is 250 g/mol. The van der Waals surface area contributed by atoms with Gasteiger partial charge in [0.25, 0.3) is 0 Å². The molecule has 0 aromatic heterocycles. The molecule has 0 atom stereocenters. The first-order valence-corrected chi connectivity index (χ1v) is 6.82. The van der Waals surface area contributed by atoms with E-state index in [4.69, 9.17) is 9.94 Å². The molecule has 4 nitrogen and oxygen atoms in total. The SMILES string of the molecule is CCON=C1CCSc2c1ccc(C(=O)O)c2C. The number of benzene rings is 1. The topological polar surface area (TPSA) is 58.9 Å². The molecular formula is C13H15NO3S. The summed E-state index contributed by atoms with van der Waals surface area (Å²) in [4.78, 5) is 17.2. The Hall–Kier alpha value is -1.49. The molecule has 0 amide bonds. The highest BCUT2D eigenvalue weighted by Crippen LogP contribution is 2.34. The number of carboxylic acids is 1. The molecule has 0 saturated carbocycles. The van der Waals surface area contributed by atoms with Crippen LogP contribution in [0.5, 0.6) is 0 Å². The highest BCUT2D eigenvalue weighted by atomic mass is 32.2. The van der Waals surface area contributed by atoms with E-state index in [2.05, 4.69) is 5.16 Å². The third-order valence-electron chi connectivity index (χ3n) is 2.84. The summed E-state index contributed by atoms with van der Waals surface area (Å²) >= 11 is 1.68. The fraction of sp³-hybridized carbons (Fsp3) is 0.385. The number of carbonyl (C=O) groups is 1. The van der Waals surface area contributed by atoms with Crippen molar-refractivity contribution < 1.29 is 14.7 Å². The molecule has 2 rings (SSSR count). The number of aromatic carboxylic acids is 1. The predicted molar refractivity (Wildman–Crippen MR) is 71.6 cm³/mol. The Balaban J connectivity index is 2.48. The molecule has 0 spiro atoms. The average molecular weight is 265 g/mol. The van der Waals surface area contributed by atoms with Crippen LogP contribution in [0.1, 0.15) is 34.8 Å². The lowest BCUT2D eigenvalue weighted by Gasteiger charge is -2.20. The molecule has 1 aliphatic rings. The number of nitrogens with zero attached hydrogens (tertiary/aromatic N) is 1. The Morgan fingerprint density at radius 2 is 2.33 bits per heavy atom. The van der Waals surface area contributed by atoms with E-state index in [0.717, 1.165) is 33.9 Å². The second-order valence-corrected chi connectivity index (χ2v) is 5.08. The second kappa shape index (κ2) is 5.44. The highest BCUT2D eigenvalue weighted by Gasteiger charge is 2.21. The molecule has 0 fully saturated rings. The Morgan fingerprint density at radius 3 is 3.00 bits per heavy atom. The van der Waals surface area contributed by atoms with Crippen LogP contribution < -0.4 is 0 Å². The van der Waals surface area contributed by atoms with Gasteiger partial charge < -0.3 is 9.94 Å². The molecule has 5 heteroatoms. The Labute approximate surface area is 110 Å². The quantitative estimate of drug-likeness (QED) is 0.854. The number of oxime groups is 1. The Morgan fingerprint density at radius 1 is 1.56 bits per heavy atom. The Kier molecular flexibility index (Phi) is 3.91. The first kappa shape index (κ1) is 13.0. The van der Waals surface area contributed by atoms with Crippen LogP contribution in [0.4, 0.5) is 0 Å². The summed E-state index contributed by atoms with van der Waals surface area (Å²) in [6.07, 6.45) is 0.851. The normalized spacial score (nSPS) is 16.4. The molecule has 0 radical (unpaired) electrons. The van der Waals surface area contributed by atoms with Gasteiger partial charge in [-0.25, -0.2) is 4.79 Å². The van der Waals surface area contributed by atoms with Gasteiger partial charge in [0.15, 0.2) is 0 Å². The summed E-state index contributed by atoms with van der Waals surface area (Å²) in [6.45, 7) is 4.28. The van der Waals surface area contributed by atoms with Crippen molar-refractivity contribution in [3.63, 3.8) is 0 Å². The van der Waals surface area contributed by atoms with Crippen molar-refractivity contribution in [1.82, 2.24) is 0 Å². The minimum atomic E-state index is -0.884. The molecule has 18 heavy (non-hydrogen) atoms. The van der Waals surface area contributed by atoms with Crippen LogP contribution in [0.3, 0.4) is 0 Å². The molecule has 1 aromatic rings. The van der Waals surface area contributed by atoms with E-state index in [1.165, 1.54) is 0 Å². The maximum Gasteiger partial charge on any atom is 0.335 e. The summed E-state index contributed by atoms with van der Waals surface area (Å²) in [6, 6.07) is 3.47. The summed E-state index contributed by atoms with van der Waals surface area (Å²) < 4.78 is 0. The van der Waals surface area contributed by atoms with Crippen molar-refractivity contribution in [1.29, 1.82) is 0 Å². The van der Waals surface area contributed by atoms with E-state index < -0.39 is 5.97 Å². The molecule has 1 N–H and O–H groups in total. The zero-order chi connectivity index (χ0) is 13.1. The predicted octanol–water partition coefficient (Wildman–Crippen LogP) is 2.93. The molecule has 1 aromatic carbocycles. The van der Waals surface area contributed by atoms with Crippen molar-refractivity contribution in [2.24, 2.45) is 5.16 Å². The third-order valence-corrected chi connectivity index (χ3v) is 4.06. The zero-order valence-electron chi connectivity index (χ0n) is 10.4. The van der Waals surface area contributed by atoms with Gasteiger partial charge in [0, 0.05) is 22.6 Å². The number of hydrogen-bond donors (Lipinski definition) is 1. The summed E-state index contributed by atoms with van der Waals surface area (Å²) in [5.74, 6) is 0.0211. The van der Waals surface area contributed by atoms with E-state index in [1.807, 2.05) is 19.9 Å². The second-order valence-electron chi connectivity index (χ2n) is 3.97. The van der Waals surface area contributed by atoms with Crippen LogP contribution in [0.25, 0.3) is 0 Å². The Bertz CT molecular complexity index is 511. The first-order valence-electron chi connectivity index (χ1n) is 5.84. The van der Waals surface area contributed by atoms with E-state index in [0.29, 0.717) is 12.2 Å². The number of thioether (sulfide) groups is 1. The van der Waals surface area contributed by atoms with Crippen LogP contribution in [0, 0.1) is 6.92 Å². The van der Waals surface area contributed by atoms with Gasteiger partial charge in [-0.05, 0) is 25.5 Å². The van der Waals surface area contributed by atoms with E-state index >= 15 is 0 Å². The summed E-state index contributed by atoms with van der Waals surface area (Å²) in [5.41, 5.74) is 3.08. The van der Waals surface area contributed by atoms with Crippen molar-refractivity contribution in [2.75, 3.05) is 12.4 Å². The lowest BCUT2D eigenvalue weighted by molar-refractivity contribution is 0.0696. The molecule has 0 unspecified atom stereocenters. The number of hydrogen-bond acceptors (Lipinski definition) is 4. The minimum Gasteiger partial charge on any atom is -0.478 e. The molecule has 0 bridgehead atoms. The maximum absolute atomic E-state index is 11.1. The lowest BCUT2D eigenvalue weighted by Crippen LogP contribution is -2.13. The van der Waals surface area contributed by atoms with Crippen LogP contribution in [-0.4, -0.2) is 29.1 Å². The van der Waals surface area contributed by atoms with Gasteiger partial charge in [-0.3, -0.25) is 0 Å². The fourth-order valence-electron chi connectivity index (χ4n) is 1.96. The minimum absolute atomic E-state index is 0.360. The number of fused-ring (bicyclic) bond motifs is 1. The van der Waals surface area contributed by atoms with Gasteiger partial charge in [-0.15, -0.1) is 11.8 Å². The van der Waals surface area contributed by atoms with Crippen LogP contribution in [0.2, 0.25) is 0 Å². The van der Waals surface area contributed by atoms with Crippen LogP contribution >= 0.6 is 11.8 Å². The van der Waals surface area contributed by atoms with Crippen LogP contribution in [0.15, 0.2) is 22.2 Å². The van der Waals surface area contributed by atoms with Gasteiger partial charge in [0.2, 0.25) is 0 Å². The number of rotatable bonds is 3. The van der Waals surface area contributed by atoms with E-state index in [9.17, 15) is 4.79 Å².